The molecule has 0 saturated carbocycles. The zero-order chi connectivity index (χ0) is 10.8. The molecule has 2 heterocycles. The molecule has 1 aromatic heterocycles. The standard InChI is InChI=1S/C11H11NO2S/c1-2-5-12-6-3-9-8(4-7-15-9)10(12)11(13)14/h1,4,7,10H,3,5-6H2,(H,13,14). The summed E-state index contributed by atoms with van der Waals surface area (Å²) in [6, 6.07) is 1.33. The largest absolute Gasteiger partial charge is 0.480 e. The fourth-order valence-electron chi connectivity index (χ4n) is 1.95. The molecule has 3 nitrogen and oxygen atoms in total. The van der Waals surface area contributed by atoms with E-state index in [2.05, 4.69) is 5.92 Å². The monoisotopic (exact) mass is 221 g/mol. The molecule has 1 unspecified atom stereocenters. The molecule has 0 aliphatic carbocycles. The summed E-state index contributed by atoms with van der Waals surface area (Å²) >= 11 is 1.62. The molecule has 0 spiro atoms. The molecule has 78 valence electrons. The highest BCUT2D eigenvalue weighted by atomic mass is 32.1. The Morgan fingerprint density at radius 3 is 3.27 bits per heavy atom. The number of nitrogens with zero attached hydrogens (tertiary/aromatic N) is 1. The van der Waals surface area contributed by atoms with Crippen LogP contribution in [0.15, 0.2) is 11.4 Å². The Hall–Kier alpha value is -1.31. The number of terminal acetylenes is 1. The van der Waals surface area contributed by atoms with E-state index in [0.717, 1.165) is 18.5 Å². The van der Waals surface area contributed by atoms with Gasteiger partial charge >= 0.3 is 5.97 Å². The molecule has 0 aromatic carbocycles. The van der Waals surface area contributed by atoms with Crippen molar-refractivity contribution in [1.29, 1.82) is 0 Å². The van der Waals surface area contributed by atoms with Gasteiger partial charge in [-0.05, 0) is 23.4 Å². The topological polar surface area (TPSA) is 40.5 Å². The zero-order valence-electron chi connectivity index (χ0n) is 8.14. The molecule has 0 saturated heterocycles. The molecule has 1 aliphatic rings. The molecule has 1 N–H and O–H groups in total. The van der Waals surface area contributed by atoms with Gasteiger partial charge in [-0.1, -0.05) is 5.92 Å². The molecule has 0 amide bonds. The first-order valence-electron chi connectivity index (χ1n) is 4.70. The average molecular weight is 221 g/mol. The van der Waals surface area contributed by atoms with Crippen molar-refractivity contribution in [3.63, 3.8) is 0 Å². The fourth-order valence-corrected chi connectivity index (χ4v) is 2.85. The normalized spacial score (nSPS) is 20.6. The Bertz CT molecular complexity index is 418. The van der Waals surface area contributed by atoms with E-state index in [4.69, 9.17) is 6.42 Å². The predicted molar refractivity (Wildman–Crippen MR) is 58.8 cm³/mol. The molecular formula is C11H11NO2S. The van der Waals surface area contributed by atoms with Gasteiger partial charge in [0.2, 0.25) is 0 Å². The Kier molecular flexibility index (Phi) is 2.76. The maximum atomic E-state index is 11.2. The highest BCUT2D eigenvalue weighted by molar-refractivity contribution is 7.10. The summed E-state index contributed by atoms with van der Waals surface area (Å²) < 4.78 is 0. The van der Waals surface area contributed by atoms with Gasteiger partial charge in [-0.2, -0.15) is 0 Å². The highest BCUT2D eigenvalue weighted by Crippen LogP contribution is 2.32. The number of carboxylic acids is 1. The van der Waals surface area contributed by atoms with E-state index in [-0.39, 0.29) is 0 Å². The van der Waals surface area contributed by atoms with E-state index in [9.17, 15) is 9.90 Å². The number of aliphatic carboxylic acids is 1. The van der Waals surface area contributed by atoms with Gasteiger partial charge in [0.15, 0.2) is 0 Å². The number of hydrogen-bond donors (Lipinski definition) is 1. The van der Waals surface area contributed by atoms with Gasteiger partial charge in [0.05, 0.1) is 6.54 Å². The maximum absolute atomic E-state index is 11.2. The van der Waals surface area contributed by atoms with E-state index >= 15 is 0 Å². The van der Waals surface area contributed by atoms with Crippen molar-refractivity contribution in [3.8, 4) is 12.3 Å². The van der Waals surface area contributed by atoms with Crippen LogP contribution in [0.25, 0.3) is 0 Å². The molecule has 0 fully saturated rings. The van der Waals surface area contributed by atoms with Gasteiger partial charge in [-0.15, -0.1) is 17.8 Å². The van der Waals surface area contributed by atoms with Crippen LogP contribution in [-0.2, 0) is 11.2 Å². The Labute approximate surface area is 92.3 Å². The minimum Gasteiger partial charge on any atom is -0.480 e. The minimum atomic E-state index is -0.815. The summed E-state index contributed by atoms with van der Waals surface area (Å²) in [5.41, 5.74) is 0.911. The first-order valence-corrected chi connectivity index (χ1v) is 5.58. The lowest BCUT2D eigenvalue weighted by molar-refractivity contribution is -0.143. The Balaban J connectivity index is 2.35. The van der Waals surface area contributed by atoms with E-state index in [0.29, 0.717) is 6.54 Å². The maximum Gasteiger partial charge on any atom is 0.325 e. The van der Waals surface area contributed by atoms with Crippen molar-refractivity contribution in [2.45, 2.75) is 12.5 Å². The molecule has 0 radical (unpaired) electrons. The quantitative estimate of drug-likeness (QED) is 0.767. The van der Waals surface area contributed by atoms with Crippen molar-refractivity contribution in [3.05, 3.63) is 21.9 Å². The predicted octanol–water partition coefficient (Wildman–Crippen LogP) is 1.37. The first kappa shape index (κ1) is 10.2. The molecular weight excluding hydrogens is 210 g/mol. The van der Waals surface area contributed by atoms with E-state index < -0.39 is 12.0 Å². The van der Waals surface area contributed by atoms with Gasteiger partial charge in [-0.3, -0.25) is 9.69 Å². The van der Waals surface area contributed by atoms with Crippen molar-refractivity contribution < 1.29 is 9.90 Å². The average Bonchev–Trinajstić information content (AvgIpc) is 2.64. The highest BCUT2D eigenvalue weighted by Gasteiger charge is 2.32. The third-order valence-electron chi connectivity index (χ3n) is 2.59. The van der Waals surface area contributed by atoms with Crippen LogP contribution in [0.4, 0.5) is 0 Å². The van der Waals surface area contributed by atoms with Gasteiger partial charge in [0, 0.05) is 11.4 Å². The second-order valence-corrected chi connectivity index (χ2v) is 4.47. The van der Waals surface area contributed by atoms with Crippen molar-refractivity contribution in [1.82, 2.24) is 4.90 Å². The Morgan fingerprint density at radius 2 is 2.60 bits per heavy atom. The number of rotatable bonds is 2. The van der Waals surface area contributed by atoms with Gasteiger partial charge in [-0.25, -0.2) is 0 Å². The molecule has 4 heteroatoms. The molecule has 1 aromatic rings. The van der Waals surface area contributed by atoms with Crippen LogP contribution in [-0.4, -0.2) is 29.1 Å². The third-order valence-corrected chi connectivity index (χ3v) is 3.59. The summed E-state index contributed by atoms with van der Waals surface area (Å²) in [6.07, 6.45) is 6.14. The SMILES string of the molecule is C#CCN1CCc2sccc2C1C(=O)O. The van der Waals surface area contributed by atoms with Gasteiger partial charge < -0.3 is 5.11 Å². The van der Waals surface area contributed by atoms with Crippen LogP contribution in [0, 0.1) is 12.3 Å². The molecule has 1 aliphatic heterocycles. The summed E-state index contributed by atoms with van der Waals surface area (Å²) in [6.45, 7) is 1.13. The van der Waals surface area contributed by atoms with Crippen molar-refractivity contribution in [2.75, 3.05) is 13.1 Å². The smallest absolute Gasteiger partial charge is 0.325 e. The summed E-state index contributed by atoms with van der Waals surface area (Å²) in [5.74, 6) is 1.70. The fraction of sp³-hybridized carbons (Fsp3) is 0.364. The second-order valence-electron chi connectivity index (χ2n) is 3.46. The summed E-state index contributed by atoms with van der Waals surface area (Å²) in [7, 11) is 0. The third kappa shape index (κ3) is 1.76. The number of fused-ring (bicyclic) bond motifs is 1. The zero-order valence-corrected chi connectivity index (χ0v) is 8.96. The van der Waals surface area contributed by atoms with Crippen LogP contribution in [0.1, 0.15) is 16.5 Å². The van der Waals surface area contributed by atoms with E-state index in [1.54, 1.807) is 11.3 Å². The first-order chi connectivity index (χ1) is 7.24. The number of hydrogen-bond acceptors (Lipinski definition) is 3. The number of carboxylic acid groups (broad SMARTS) is 1. The van der Waals surface area contributed by atoms with Crippen LogP contribution in [0.2, 0.25) is 0 Å². The number of thiophene rings is 1. The summed E-state index contributed by atoms with van der Waals surface area (Å²) in [5, 5.41) is 11.1. The molecule has 2 rings (SSSR count). The lowest BCUT2D eigenvalue weighted by atomic mass is 10.0. The van der Waals surface area contributed by atoms with Gasteiger partial charge in [0.1, 0.15) is 6.04 Å². The van der Waals surface area contributed by atoms with Crippen LogP contribution >= 0.6 is 11.3 Å². The minimum absolute atomic E-state index is 0.395. The Morgan fingerprint density at radius 1 is 1.80 bits per heavy atom. The summed E-state index contributed by atoms with van der Waals surface area (Å²) in [4.78, 5) is 14.2. The second kappa shape index (κ2) is 4.05. The molecule has 15 heavy (non-hydrogen) atoms. The lowest BCUT2D eigenvalue weighted by Gasteiger charge is -2.31. The van der Waals surface area contributed by atoms with Crippen LogP contribution in [0.5, 0.6) is 0 Å². The van der Waals surface area contributed by atoms with E-state index in [1.807, 2.05) is 16.3 Å². The van der Waals surface area contributed by atoms with E-state index in [1.165, 1.54) is 4.88 Å². The van der Waals surface area contributed by atoms with Gasteiger partial charge in [0.25, 0.3) is 0 Å². The van der Waals surface area contributed by atoms with Crippen molar-refractivity contribution in [2.24, 2.45) is 0 Å². The number of carbonyl (C=O) groups is 1. The molecule has 0 bridgehead atoms. The van der Waals surface area contributed by atoms with Crippen LogP contribution < -0.4 is 0 Å². The van der Waals surface area contributed by atoms with Crippen LogP contribution in [0.3, 0.4) is 0 Å². The van der Waals surface area contributed by atoms with Crippen molar-refractivity contribution >= 4 is 17.3 Å². The molecule has 1 atom stereocenters. The lowest BCUT2D eigenvalue weighted by Crippen LogP contribution is -2.39.